The Labute approximate surface area is 81.7 Å². The minimum atomic E-state index is -4.07. The molecule has 6 heteroatoms. The molecule has 0 bridgehead atoms. The third-order valence-corrected chi connectivity index (χ3v) is 2.04. The van der Waals surface area contributed by atoms with Crippen molar-refractivity contribution in [3.05, 3.63) is 0 Å². The van der Waals surface area contributed by atoms with Gasteiger partial charge < -0.3 is 5.73 Å². The molecule has 0 aromatic rings. The van der Waals surface area contributed by atoms with Crippen molar-refractivity contribution in [1.82, 2.24) is 4.90 Å². The number of hydrogen-bond acceptors (Lipinski definition) is 2. The van der Waals surface area contributed by atoms with Gasteiger partial charge in [0.2, 0.25) is 0 Å². The maximum Gasteiger partial charge on any atom is 0.401 e. The van der Waals surface area contributed by atoms with Crippen LogP contribution in [0.1, 0.15) is 12.8 Å². The molecule has 1 fully saturated rings. The molecule has 0 aromatic heterocycles. The smallest absolute Gasteiger partial charge is 0.328 e. The molecule has 0 radical (unpaired) electrons. The summed E-state index contributed by atoms with van der Waals surface area (Å²) in [5, 5.41) is 0. The van der Waals surface area contributed by atoms with Crippen LogP contribution in [0.5, 0.6) is 0 Å². The first-order valence-corrected chi connectivity index (χ1v) is 4.02. The van der Waals surface area contributed by atoms with E-state index in [4.69, 9.17) is 5.73 Å². The van der Waals surface area contributed by atoms with E-state index in [0.717, 1.165) is 0 Å². The summed E-state index contributed by atoms with van der Waals surface area (Å²) in [6, 6.07) is 0.0921. The van der Waals surface area contributed by atoms with Gasteiger partial charge in [-0.1, -0.05) is 0 Å². The Kier molecular flexibility index (Phi) is 5.02. The molecule has 0 spiro atoms. The lowest BCUT2D eigenvalue weighted by Gasteiger charge is -2.30. The molecule has 13 heavy (non-hydrogen) atoms. The molecular formula is C7H14ClF3N2. The normalized spacial score (nSPS) is 21.2. The van der Waals surface area contributed by atoms with Gasteiger partial charge in [0.15, 0.2) is 0 Å². The highest BCUT2D eigenvalue weighted by molar-refractivity contribution is 5.85. The molecule has 1 saturated heterocycles. The summed E-state index contributed by atoms with van der Waals surface area (Å²) in [5.41, 5.74) is 5.55. The van der Waals surface area contributed by atoms with Gasteiger partial charge in [-0.2, -0.15) is 13.2 Å². The van der Waals surface area contributed by atoms with Gasteiger partial charge in [0.25, 0.3) is 0 Å². The highest BCUT2D eigenvalue weighted by Gasteiger charge is 2.31. The molecule has 0 aromatic carbocycles. The molecule has 1 rings (SSSR count). The van der Waals surface area contributed by atoms with Crippen LogP contribution < -0.4 is 5.73 Å². The van der Waals surface area contributed by atoms with Crippen molar-refractivity contribution < 1.29 is 13.2 Å². The molecular weight excluding hydrogens is 205 g/mol. The van der Waals surface area contributed by atoms with Crippen LogP contribution in [0.4, 0.5) is 13.2 Å². The maximum atomic E-state index is 11.9. The van der Waals surface area contributed by atoms with Gasteiger partial charge in [-0.15, -0.1) is 12.4 Å². The quantitative estimate of drug-likeness (QED) is 0.721. The summed E-state index contributed by atoms with van der Waals surface area (Å²) in [7, 11) is 0. The predicted octanol–water partition coefficient (Wildman–Crippen LogP) is 1.39. The fourth-order valence-corrected chi connectivity index (χ4v) is 1.36. The van der Waals surface area contributed by atoms with Gasteiger partial charge in [-0.05, 0) is 25.9 Å². The standard InChI is InChI=1S/C7H13F3N2.ClH/c8-7(9,10)5-12-3-1-6(11)2-4-12;/h6H,1-5,11H2;1H. The average molecular weight is 219 g/mol. The highest BCUT2D eigenvalue weighted by atomic mass is 35.5. The minimum absolute atomic E-state index is 0. The molecule has 1 aliphatic heterocycles. The number of nitrogens with zero attached hydrogens (tertiary/aromatic N) is 1. The maximum absolute atomic E-state index is 11.9. The Morgan fingerprint density at radius 2 is 1.69 bits per heavy atom. The van der Waals surface area contributed by atoms with Crippen molar-refractivity contribution in [2.45, 2.75) is 25.1 Å². The van der Waals surface area contributed by atoms with Crippen molar-refractivity contribution >= 4 is 12.4 Å². The monoisotopic (exact) mass is 218 g/mol. The van der Waals surface area contributed by atoms with Crippen LogP contribution in [0.2, 0.25) is 0 Å². The number of piperidine rings is 1. The lowest BCUT2D eigenvalue weighted by atomic mass is 10.1. The molecule has 0 unspecified atom stereocenters. The van der Waals surface area contributed by atoms with E-state index in [2.05, 4.69) is 0 Å². The fourth-order valence-electron chi connectivity index (χ4n) is 1.36. The summed E-state index contributed by atoms with van der Waals surface area (Å²) in [6.45, 7) is 0.154. The van der Waals surface area contributed by atoms with E-state index < -0.39 is 12.7 Å². The molecule has 2 nitrogen and oxygen atoms in total. The van der Waals surface area contributed by atoms with Crippen LogP contribution in [-0.4, -0.2) is 36.8 Å². The van der Waals surface area contributed by atoms with Gasteiger partial charge in [-0.25, -0.2) is 0 Å². The minimum Gasteiger partial charge on any atom is -0.328 e. The summed E-state index contributed by atoms with van der Waals surface area (Å²) >= 11 is 0. The number of alkyl halides is 3. The van der Waals surface area contributed by atoms with E-state index in [-0.39, 0.29) is 18.4 Å². The van der Waals surface area contributed by atoms with E-state index in [0.29, 0.717) is 25.9 Å². The molecule has 2 N–H and O–H groups in total. The second-order valence-corrected chi connectivity index (χ2v) is 3.23. The first-order chi connectivity index (χ1) is 5.47. The molecule has 1 aliphatic rings. The van der Waals surface area contributed by atoms with Crippen LogP contribution in [0, 0.1) is 0 Å². The fraction of sp³-hybridized carbons (Fsp3) is 1.00. The zero-order valence-corrected chi connectivity index (χ0v) is 8.00. The van der Waals surface area contributed by atoms with Crippen LogP contribution >= 0.6 is 12.4 Å². The molecule has 0 amide bonds. The van der Waals surface area contributed by atoms with E-state index in [1.54, 1.807) is 0 Å². The van der Waals surface area contributed by atoms with Crippen molar-refractivity contribution in [1.29, 1.82) is 0 Å². The molecule has 1 heterocycles. The molecule has 0 saturated carbocycles. The van der Waals surface area contributed by atoms with Crippen LogP contribution in [0.25, 0.3) is 0 Å². The molecule has 0 aliphatic carbocycles. The van der Waals surface area contributed by atoms with Crippen molar-refractivity contribution in [2.75, 3.05) is 19.6 Å². The molecule has 80 valence electrons. The van der Waals surface area contributed by atoms with Gasteiger partial charge in [0.05, 0.1) is 6.54 Å². The van der Waals surface area contributed by atoms with E-state index in [9.17, 15) is 13.2 Å². The first-order valence-electron chi connectivity index (χ1n) is 4.02. The zero-order chi connectivity index (χ0) is 9.19. The number of nitrogens with two attached hydrogens (primary N) is 1. The number of hydrogen-bond donors (Lipinski definition) is 1. The predicted molar refractivity (Wildman–Crippen MR) is 47.0 cm³/mol. The summed E-state index contributed by atoms with van der Waals surface area (Å²) in [6.07, 6.45) is -2.71. The third kappa shape index (κ3) is 5.33. The average Bonchev–Trinajstić information content (AvgIpc) is 1.91. The number of rotatable bonds is 1. The largest absolute Gasteiger partial charge is 0.401 e. The second-order valence-electron chi connectivity index (χ2n) is 3.23. The summed E-state index contributed by atoms with van der Waals surface area (Å²) < 4.78 is 35.6. The third-order valence-electron chi connectivity index (χ3n) is 2.04. The Morgan fingerprint density at radius 1 is 1.23 bits per heavy atom. The second kappa shape index (κ2) is 5.02. The van der Waals surface area contributed by atoms with Crippen LogP contribution in [-0.2, 0) is 0 Å². The van der Waals surface area contributed by atoms with Crippen molar-refractivity contribution in [3.8, 4) is 0 Å². The van der Waals surface area contributed by atoms with Crippen molar-refractivity contribution in [3.63, 3.8) is 0 Å². The van der Waals surface area contributed by atoms with Crippen LogP contribution in [0.3, 0.4) is 0 Å². The summed E-state index contributed by atoms with van der Waals surface area (Å²) in [4.78, 5) is 1.41. The Hall–Kier alpha value is -0.0000000000000000555. The Bertz CT molecular complexity index is 143. The van der Waals surface area contributed by atoms with Crippen molar-refractivity contribution in [2.24, 2.45) is 5.73 Å². The van der Waals surface area contributed by atoms with E-state index >= 15 is 0 Å². The lowest BCUT2D eigenvalue weighted by molar-refractivity contribution is -0.147. The zero-order valence-electron chi connectivity index (χ0n) is 7.18. The lowest BCUT2D eigenvalue weighted by Crippen LogP contribution is -2.43. The topological polar surface area (TPSA) is 29.3 Å². The SMILES string of the molecule is Cl.NC1CCN(CC(F)(F)F)CC1. The van der Waals surface area contributed by atoms with Gasteiger partial charge in [0.1, 0.15) is 0 Å². The number of halogens is 4. The van der Waals surface area contributed by atoms with Gasteiger partial charge >= 0.3 is 6.18 Å². The Morgan fingerprint density at radius 3 is 2.08 bits per heavy atom. The van der Waals surface area contributed by atoms with Gasteiger partial charge in [0, 0.05) is 6.04 Å². The van der Waals surface area contributed by atoms with Gasteiger partial charge in [-0.3, -0.25) is 4.90 Å². The number of likely N-dealkylation sites (tertiary alicyclic amines) is 1. The van der Waals surface area contributed by atoms with E-state index in [1.807, 2.05) is 0 Å². The molecule has 0 atom stereocenters. The van der Waals surface area contributed by atoms with E-state index in [1.165, 1.54) is 4.90 Å². The van der Waals surface area contributed by atoms with Crippen LogP contribution in [0.15, 0.2) is 0 Å². The Balaban J connectivity index is 0.00000144. The first kappa shape index (κ1) is 13.0. The summed E-state index contributed by atoms with van der Waals surface area (Å²) in [5.74, 6) is 0. The highest BCUT2D eigenvalue weighted by Crippen LogP contribution is 2.18.